The lowest BCUT2D eigenvalue weighted by molar-refractivity contribution is -0.193. The molecule has 0 saturated heterocycles. The van der Waals surface area contributed by atoms with Crippen molar-refractivity contribution >= 4 is 11.9 Å². The number of carbonyl (C=O) groups is 2. The summed E-state index contributed by atoms with van der Waals surface area (Å²) in [7, 11) is 1.98. The summed E-state index contributed by atoms with van der Waals surface area (Å²) in [4.78, 5) is 20.1. The maximum atomic E-state index is 14.0. The zero-order valence-electron chi connectivity index (χ0n) is 20.1. The number of hydrogen-bond donors (Lipinski definition) is 2. The van der Waals surface area contributed by atoms with Crippen molar-refractivity contribution in [1.82, 2.24) is 14.7 Å². The van der Waals surface area contributed by atoms with Crippen molar-refractivity contribution in [3.8, 4) is 0 Å². The van der Waals surface area contributed by atoms with Crippen molar-refractivity contribution in [3.05, 3.63) is 53.1 Å². The molecule has 2 heterocycles. The Morgan fingerprint density at radius 3 is 2.08 bits per heavy atom. The first-order valence-corrected chi connectivity index (χ1v) is 11.2. The highest BCUT2D eigenvalue weighted by atomic mass is 19.4. The van der Waals surface area contributed by atoms with E-state index in [4.69, 9.17) is 24.5 Å². The van der Waals surface area contributed by atoms with Crippen LogP contribution in [-0.4, -0.2) is 68.9 Å². The van der Waals surface area contributed by atoms with Crippen LogP contribution in [-0.2, 0) is 34.5 Å². The van der Waals surface area contributed by atoms with Crippen LogP contribution in [0.25, 0.3) is 0 Å². The van der Waals surface area contributed by atoms with Crippen LogP contribution in [0.4, 0.5) is 30.7 Å². The summed E-state index contributed by atoms with van der Waals surface area (Å²) in [6.45, 7) is 3.91. The van der Waals surface area contributed by atoms with Crippen molar-refractivity contribution in [2.75, 3.05) is 19.8 Å². The number of hydrogen-bond acceptors (Lipinski definition) is 5. The number of alkyl halides is 6. The first-order chi connectivity index (χ1) is 17.6. The highest BCUT2D eigenvalue weighted by molar-refractivity contribution is 5.73. The molecule has 8 nitrogen and oxygen atoms in total. The van der Waals surface area contributed by atoms with Gasteiger partial charge in [0.25, 0.3) is 0 Å². The molecule has 2 aromatic rings. The van der Waals surface area contributed by atoms with Gasteiger partial charge in [0.15, 0.2) is 0 Å². The lowest BCUT2D eigenvalue weighted by Gasteiger charge is -2.33. The number of aromatic nitrogens is 2. The van der Waals surface area contributed by atoms with E-state index in [1.54, 1.807) is 6.07 Å². The van der Waals surface area contributed by atoms with Gasteiger partial charge < -0.3 is 14.9 Å². The standard InChI is InChI=1S/C19H24FN3O.2C2HF3O2/c1-22-19-11-23(9-15-4-2-3-5-18(15)20)10-16(17(19)8-21-22)13-24-12-14-6-7-14;2*3-2(4,5)1(6)7/h2-5,8,14,16H,6-7,9-13H2,1H3;2*(H,6,7). The molecule has 0 bridgehead atoms. The topological polar surface area (TPSA) is 105 Å². The Balaban J connectivity index is 0.000000301. The van der Waals surface area contributed by atoms with E-state index >= 15 is 0 Å². The second kappa shape index (κ2) is 13.0. The largest absolute Gasteiger partial charge is 0.490 e. The van der Waals surface area contributed by atoms with Gasteiger partial charge in [-0.1, -0.05) is 18.2 Å². The van der Waals surface area contributed by atoms with E-state index in [1.807, 2.05) is 30.1 Å². The first kappa shape index (κ1) is 31.0. The van der Waals surface area contributed by atoms with Gasteiger partial charge in [-0.2, -0.15) is 31.4 Å². The molecule has 1 aromatic heterocycles. The summed E-state index contributed by atoms with van der Waals surface area (Å²) < 4.78 is 85.3. The number of aryl methyl sites for hydroxylation is 1. The second-order valence-electron chi connectivity index (χ2n) is 8.71. The van der Waals surface area contributed by atoms with Gasteiger partial charge in [0.1, 0.15) is 5.82 Å². The SMILES string of the molecule is Cn1ncc2c1CN(Cc1ccccc1F)CC2COCC1CC1.O=C(O)C(F)(F)F.O=C(O)C(F)(F)F. The Morgan fingerprint density at radius 1 is 1.03 bits per heavy atom. The summed E-state index contributed by atoms with van der Waals surface area (Å²) in [6.07, 6.45) is -5.58. The monoisotopic (exact) mass is 557 g/mol. The summed E-state index contributed by atoms with van der Waals surface area (Å²) >= 11 is 0. The summed E-state index contributed by atoms with van der Waals surface area (Å²) in [5, 5.41) is 18.7. The molecule has 15 heteroatoms. The molecular weight excluding hydrogens is 531 g/mol. The third kappa shape index (κ3) is 9.93. The summed E-state index contributed by atoms with van der Waals surface area (Å²) in [5.74, 6) is -4.56. The number of carboxylic acids is 2. The quantitative estimate of drug-likeness (QED) is 0.509. The van der Waals surface area contributed by atoms with Crippen LogP contribution in [0, 0.1) is 11.7 Å². The molecule has 2 N–H and O–H groups in total. The summed E-state index contributed by atoms with van der Waals surface area (Å²) in [5.41, 5.74) is 3.26. The Bertz CT molecular complexity index is 1060. The normalized spacial score (nSPS) is 17.4. The second-order valence-corrected chi connectivity index (χ2v) is 8.71. The molecule has 1 unspecified atom stereocenters. The van der Waals surface area contributed by atoms with Crippen LogP contribution in [0.2, 0.25) is 0 Å². The van der Waals surface area contributed by atoms with Crippen LogP contribution in [0.3, 0.4) is 0 Å². The van der Waals surface area contributed by atoms with E-state index in [9.17, 15) is 30.7 Å². The molecule has 1 fully saturated rings. The van der Waals surface area contributed by atoms with E-state index in [2.05, 4.69) is 10.00 Å². The number of carboxylic acid groups (broad SMARTS) is 2. The third-order valence-corrected chi connectivity index (χ3v) is 5.59. The smallest absolute Gasteiger partial charge is 0.475 e. The van der Waals surface area contributed by atoms with Gasteiger partial charge in [-0.05, 0) is 24.8 Å². The Labute approximate surface area is 212 Å². The van der Waals surface area contributed by atoms with Crippen LogP contribution in [0.5, 0.6) is 0 Å². The minimum absolute atomic E-state index is 0.130. The number of fused-ring (bicyclic) bond motifs is 1. The van der Waals surface area contributed by atoms with Crippen LogP contribution in [0.1, 0.15) is 35.6 Å². The van der Waals surface area contributed by atoms with E-state index in [0.717, 1.165) is 37.8 Å². The molecule has 0 spiro atoms. The number of halogens is 7. The van der Waals surface area contributed by atoms with Crippen molar-refractivity contribution in [1.29, 1.82) is 0 Å². The van der Waals surface area contributed by atoms with Gasteiger partial charge in [-0.3, -0.25) is 9.58 Å². The fourth-order valence-corrected chi connectivity index (χ4v) is 3.49. The molecule has 38 heavy (non-hydrogen) atoms. The fourth-order valence-electron chi connectivity index (χ4n) is 3.49. The predicted molar refractivity (Wildman–Crippen MR) is 117 cm³/mol. The minimum atomic E-state index is -5.08. The van der Waals surface area contributed by atoms with Crippen LogP contribution in [0.15, 0.2) is 30.5 Å². The lowest BCUT2D eigenvalue weighted by Crippen LogP contribution is -2.35. The molecule has 212 valence electrons. The van der Waals surface area contributed by atoms with Gasteiger partial charge in [0, 0.05) is 50.3 Å². The first-order valence-electron chi connectivity index (χ1n) is 11.2. The maximum absolute atomic E-state index is 14.0. The van der Waals surface area contributed by atoms with Crippen LogP contribution < -0.4 is 0 Å². The Kier molecular flexibility index (Phi) is 10.6. The van der Waals surface area contributed by atoms with Gasteiger partial charge in [-0.25, -0.2) is 14.0 Å². The lowest BCUT2D eigenvalue weighted by atomic mass is 9.95. The molecule has 1 atom stereocenters. The number of rotatable bonds is 6. The highest BCUT2D eigenvalue weighted by Gasteiger charge is 2.39. The van der Waals surface area contributed by atoms with Crippen LogP contribution >= 0.6 is 0 Å². The summed E-state index contributed by atoms with van der Waals surface area (Å²) in [6, 6.07) is 7.04. The Hall–Kier alpha value is -3.20. The van der Waals surface area contributed by atoms with Gasteiger partial charge in [0.05, 0.1) is 18.5 Å². The number of ether oxygens (including phenoxy) is 1. The highest BCUT2D eigenvalue weighted by Crippen LogP contribution is 2.32. The van der Waals surface area contributed by atoms with Gasteiger partial charge >= 0.3 is 24.3 Å². The minimum Gasteiger partial charge on any atom is -0.475 e. The number of nitrogens with zero attached hydrogens (tertiary/aromatic N) is 3. The predicted octanol–water partition coefficient (Wildman–Crippen LogP) is 4.35. The molecule has 1 aliphatic carbocycles. The molecule has 2 aliphatic rings. The molecule has 4 rings (SSSR count). The number of benzene rings is 1. The molecule has 1 saturated carbocycles. The average Bonchev–Trinajstić information content (AvgIpc) is 3.56. The molecule has 1 aliphatic heterocycles. The van der Waals surface area contributed by atoms with Crippen molar-refractivity contribution in [2.24, 2.45) is 13.0 Å². The van der Waals surface area contributed by atoms with E-state index in [-0.39, 0.29) is 5.82 Å². The molecule has 1 aromatic carbocycles. The molecular formula is C23H26F7N3O5. The zero-order chi connectivity index (χ0) is 28.7. The van der Waals surface area contributed by atoms with Crippen molar-refractivity contribution in [3.63, 3.8) is 0 Å². The molecule has 0 radical (unpaired) electrons. The number of aliphatic carboxylic acids is 2. The Morgan fingerprint density at radius 2 is 1.58 bits per heavy atom. The third-order valence-electron chi connectivity index (χ3n) is 5.59. The fraction of sp³-hybridized carbons (Fsp3) is 0.522. The molecule has 0 amide bonds. The van der Waals surface area contributed by atoms with Crippen molar-refractivity contribution < 1.29 is 55.3 Å². The average molecular weight is 557 g/mol. The van der Waals surface area contributed by atoms with Gasteiger partial charge in [0.2, 0.25) is 0 Å². The van der Waals surface area contributed by atoms with E-state index < -0.39 is 24.3 Å². The maximum Gasteiger partial charge on any atom is 0.490 e. The van der Waals surface area contributed by atoms with Gasteiger partial charge in [-0.15, -0.1) is 0 Å². The van der Waals surface area contributed by atoms with Crippen molar-refractivity contribution in [2.45, 2.75) is 44.2 Å². The van der Waals surface area contributed by atoms with E-state index in [0.29, 0.717) is 12.5 Å². The van der Waals surface area contributed by atoms with E-state index in [1.165, 1.54) is 30.2 Å². The zero-order valence-corrected chi connectivity index (χ0v) is 20.1.